The lowest BCUT2D eigenvalue weighted by Crippen LogP contribution is -2.35. The van der Waals surface area contributed by atoms with Gasteiger partial charge in [-0.1, -0.05) is 31.5 Å². The molecule has 0 fully saturated rings. The first kappa shape index (κ1) is 17.5. The van der Waals surface area contributed by atoms with E-state index in [0.29, 0.717) is 12.3 Å². The quantitative estimate of drug-likeness (QED) is 0.812. The number of hydrogen-bond acceptors (Lipinski definition) is 3. The molecular weight excluding hydrogens is 266 g/mol. The van der Waals surface area contributed by atoms with Crippen molar-refractivity contribution in [1.29, 1.82) is 0 Å². The van der Waals surface area contributed by atoms with E-state index in [0.717, 1.165) is 16.9 Å². The average Bonchev–Trinajstić information content (AvgIpc) is 2.34. The second-order valence-corrected chi connectivity index (χ2v) is 6.10. The van der Waals surface area contributed by atoms with E-state index in [2.05, 4.69) is 5.32 Å². The molecule has 0 bridgehead atoms. The van der Waals surface area contributed by atoms with E-state index in [1.165, 1.54) is 5.56 Å². The molecule has 2 N–H and O–H groups in total. The van der Waals surface area contributed by atoms with Gasteiger partial charge in [-0.2, -0.15) is 0 Å². The molecule has 0 saturated carbocycles. The lowest BCUT2D eigenvalue weighted by molar-refractivity contribution is -0.123. The van der Waals surface area contributed by atoms with Crippen molar-refractivity contribution < 1.29 is 14.6 Å². The summed E-state index contributed by atoms with van der Waals surface area (Å²) in [6.07, 6.45) is 0.175. The molecule has 0 aliphatic heterocycles. The fourth-order valence-corrected chi connectivity index (χ4v) is 2.44. The Morgan fingerprint density at radius 1 is 1.24 bits per heavy atom. The van der Waals surface area contributed by atoms with Crippen molar-refractivity contribution in [3.05, 3.63) is 28.8 Å². The number of rotatable bonds is 7. The van der Waals surface area contributed by atoms with Crippen LogP contribution in [0.5, 0.6) is 5.75 Å². The van der Waals surface area contributed by atoms with Crippen molar-refractivity contribution >= 4 is 5.91 Å². The highest BCUT2D eigenvalue weighted by Gasteiger charge is 2.11. The second-order valence-electron chi connectivity index (χ2n) is 6.10. The largest absolute Gasteiger partial charge is 0.483 e. The summed E-state index contributed by atoms with van der Waals surface area (Å²) in [5, 5.41) is 12.4. The van der Waals surface area contributed by atoms with E-state index in [9.17, 15) is 9.90 Å². The molecular formula is C17H27NO3. The Bertz CT molecular complexity index is 460. The zero-order chi connectivity index (χ0) is 16.0. The maximum atomic E-state index is 11.7. The van der Waals surface area contributed by atoms with E-state index in [1.807, 2.05) is 46.8 Å². The summed E-state index contributed by atoms with van der Waals surface area (Å²) in [5.74, 6) is 0.960. The van der Waals surface area contributed by atoms with Crippen LogP contribution in [0.25, 0.3) is 0 Å². The number of benzene rings is 1. The van der Waals surface area contributed by atoms with E-state index in [1.54, 1.807) is 0 Å². The Kier molecular flexibility index (Phi) is 6.69. The lowest BCUT2D eigenvalue weighted by atomic mass is 10.1. The minimum Gasteiger partial charge on any atom is -0.483 e. The molecule has 1 amide bonds. The first-order chi connectivity index (χ1) is 9.79. The van der Waals surface area contributed by atoms with Crippen LogP contribution in [0.3, 0.4) is 0 Å². The van der Waals surface area contributed by atoms with Gasteiger partial charge >= 0.3 is 0 Å². The number of ether oxygens (including phenoxy) is 1. The lowest BCUT2D eigenvalue weighted by Gasteiger charge is -2.15. The zero-order valence-corrected chi connectivity index (χ0v) is 13.7. The molecule has 0 heterocycles. The van der Waals surface area contributed by atoms with Crippen molar-refractivity contribution in [2.45, 2.75) is 47.1 Å². The molecule has 21 heavy (non-hydrogen) atoms. The Morgan fingerprint density at radius 3 is 2.33 bits per heavy atom. The molecule has 1 unspecified atom stereocenters. The first-order valence-electron chi connectivity index (χ1n) is 7.45. The first-order valence-corrected chi connectivity index (χ1v) is 7.45. The molecule has 0 radical (unpaired) electrons. The summed E-state index contributed by atoms with van der Waals surface area (Å²) >= 11 is 0. The minimum absolute atomic E-state index is 0.0286. The molecule has 118 valence electrons. The van der Waals surface area contributed by atoms with Crippen LogP contribution in [0.1, 0.15) is 37.0 Å². The number of hydrogen-bond donors (Lipinski definition) is 2. The normalized spacial score (nSPS) is 12.3. The third-order valence-electron chi connectivity index (χ3n) is 3.23. The van der Waals surface area contributed by atoms with Gasteiger partial charge in [-0.3, -0.25) is 4.79 Å². The van der Waals surface area contributed by atoms with Gasteiger partial charge < -0.3 is 15.2 Å². The molecule has 0 aromatic heterocycles. The SMILES string of the molecule is Cc1cc(C)c(OCC(=O)NCC(O)CC(C)C)c(C)c1. The van der Waals surface area contributed by atoms with Crippen LogP contribution in [0.2, 0.25) is 0 Å². The van der Waals surface area contributed by atoms with Gasteiger partial charge in [-0.05, 0) is 44.2 Å². The Balaban J connectivity index is 2.43. The van der Waals surface area contributed by atoms with Crippen LogP contribution < -0.4 is 10.1 Å². The maximum absolute atomic E-state index is 11.7. The molecule has 1 atom stereocenters. The Labute approximate surface area is 127 Å². The van der Waals surface area contributed by atoms with Crippen molar-refractivity contribution in [3.63, 3.8) is 0 Å². The van der Waals surface area contributed by atoms with Crippen molar-refractivity contribution in [3.8, 4) is 5.75 Å². The Hall–Kier alpha value is -1.55. The maximum Gasteiger partial charge on any atom is 0.258 e. The highest BCUT2D eigenvalue weighted by atomic mass is 16.5. The number of aliphatic hydroxyl groups excluding tert-OH is 1. The van der Waals surface area contributed by atoms with E-state index >= 15 is 0 Å². The van der Waals surface area contributed by atoms with Crippen LogP contribution >= 0.6 is 0 Å². The van der Waals surface area contributed by atoms with Crippen molar-refractivity contribution in [2.75, 3.05) is 13.2 Å². The highest BCUT2D eigenvalue weighted by molar-refractivity contribution is 5.77. The van der Waals surface area contributed by atoms with E-state index in [-0.39, 0.29) is 19.1 Å². The van der Waals surface area contributed by atoms with Crippen LogP contribution in [-0.2, 0) is 4.79 Å². The number of aryl methyl sites for hydroxylation is 3. The number of amides is 1. The molecule has 0 saturated heterocycles. The average molecular weight is 293 g/mol. The van der Waals surface area contributed by atoms with Gasteiger partial charge in [0, 0.05) is 6.54 Å². The third-order valence-corrected chi connectivity index (χ3v) is 3.23. The highest BCUT2D eigenvalue weighted by Crippen LogP contribution is 2.24. The Morgan fingerprint density at radius 2 is 1.81 bits per heavy atom. The van der Waals surface area contributed by atoms with Gasteiger partial charge in [0.15, 0.2) is 6.61 Å². The smallest absolute Gasteiger partial charge is 0.258 e. The predicted molar refractivity (Wildman–Crippen MR) is 84.6 cm³/mol. The summed E-state index contributed by atoms with van der Waals surface area (Å²) in [5.41, 5.74) is 3.24. The molecule has 0 spiro atoms. The van der Waals surface area contributed by atoms with Gasteiger partial charge in [0.1, 0.15) is 5.75 Å². The monoisotopic (exact) mass is 293 g/mol. The molecule has 1 aromatic rings. The van der Waals surface area contributed by atoms with E-state index in [4.69, 9.17) is 4.74 Å². The van der Waals surface area contributed by atoms with Gasteiger partial charge in [-0.15, -0.1) is 0 Å². The summed E-state index contributed by atoms with van der Waals surface area (Å²) in [4.78, 5) is 11.7. The van der Waals surface area contributed by atoms with Crippen LogP contribution in [-0.4, -0.2) is 30.3 Å². The number of nitrogens with one attached hydrogen (secondary N) is 1. The standard InChI is InChI=1S/C17H27NO3/c1-11(2)6-15(19)9-18-16(20)10-21-17-13(4)7-12(3)8-14(17)5/h7-8,11,15,19H,6,9-10H2,1-5H3,(H,18,20). The van der Waals surface area contributed by atoms with Crippen LogP contribution in [0.15, 0.2) is 12.1 Å². The van der Waals surface area contributed by atoms with Gasteiger partial charge in [0.2, 0.25) is 0 Å². The van der Waals surface area contributed by atoms with Gasteiger partial charge in [0.25, 0.3) is 5.91 Å². The fourth-order valence-electron chi connectivity index (χ4n) is 2.44. The molecule has 0 aliphatic carbocycles. The zero-order valence-electron chi connectivity index (χ0n) is 13.7. The number of carbonyl (C=O) groups is 1. The van der Waals surface area contributed by atoms with Crippen molar-refractivity contribution in [2.24, 2.45) is 5.92 Å². The fraction of sp³-hybridized carbons (Fsp3) is 0.588. The molecule has 4 nitrogen and oxygen atoms in total. The van der Waals surface area contributed by atoms with Crippen LogP contribution in [0, 0.1) is 26.7 Å². The van der Waals surface area contributed by atoms with Crippen LogP contribution in [0.4, 0.5) is 0 Å². The number of carbonyl (C=O) groups excluding carboxylic acids is 1. The molecule has 1 aromatic carbocycles. The molecule has 4 heteroatoms. The summed E-state index contributed by atoms with van der Waals surface area (Å²) in [7, 11) is 0. The topological polar surface area (TPSA) is 58.6 Å². The van der Waals surface area contributed by atoms with Gasteiger partial charge in [-0.25, -0.2) is 0 Å². The molecule has 0 aliphatic rings. The van der Waals surface area contributed by atoms with E-state index < -0.39 is 6.10 Å². The molecule has 1 rings (SSSR count). The number of aliphatic hydroxyl groups is 1. The third kappa shape index (κ3) is 6.17. The second kappa shape index (κ2) is 8.03. The predicted octanol–water partition coefficient (Wildman–Crippen LogP) is 2.51. The summed E-state index contributed by atoms with van der Waals surface area (Å²) < 4.78 is 5.60. The minimum atomic E-state index is -0.503. The summed E-state index contributed by atoms with van der Waals surface area (Å²) in [6.45, 7) is 10.3. The van der Waals surface area contributed by atoms with Crippen molar-refractivity contribution in [1.82, 2.24) is 5.32 Å². The summed E-state index contributed by atoms with van der Waals surface area (Å²) in [6, 6.07) is 4.07. The van der Waals surface area contributed by atoms with Gasteiger partial charge in [0.05, 0.1) is 6.10 Å².